The van der Waals surface area contributed by atoms with E-state index in [0.717, 1.165) is 16.7 Å². The number of benzene rings is 1. The maximum atomic E-state index is 12.1. The van der Waals surface area contributed by atoms with E-state index in [1.54, 1.807) is 0 Å². The van der Waals surface area contributed by atoms with Gasteiger partial charge in [-0.2, -0.15) is 13.2 Å². The van der Waals surface area contributed by atoms with Crippen LogP contribution in [0.15, 0.2) is 30.5 Å². The van der Waals surface area contributed by atoms with E-state index < -0.39 is 12.6 Å². The first-order valence-electron chi connectivity index (χ1n) is 6.67. The van der Waals surface area contributed by atoms with Gasteiger partial charge in [0.05, 0.1) is 6.10 Å². The van der Waals surface area contributed by atoms with Crippen LogP contribution in [0.3, 0.4) is 0 Å². The Kier molecular flexibility index (Phi) is 4.26. The van der Waals surface area contributed by atoms with Crippen LogP contribution in [0.4, 0.5) is 13.2 Å². The molecular formula is C15H18F3NO. The summed E-state index contributed by atoms with van der Waals surface area (Å²) >= 11 is 0. The maximum absolute atomic E-state index is 12.1. The van der Waals surface area contributed by atoms with Crippen LogP contribution in [0.25, 0.3) is 10.9 Å². The van der Waals surface area contributed by atoms with Gasteiger partial charge in [-0.3, -0.25) is 0 Å². The number of hydrogen-bond acceptors (Lipinski definition) is 1. The predicted molar refractivity (Wildman–Crippen MR) is 73.0 cm³/mol. The van der Waals surface area contributed by atoms with E-state index in [0.29, 0.717) is 6.54 Å². The van der Waals surface area contributed by atoms with E-state index in [4.69, 9.17) is 4.74 Å². The smallest absolute Gasteiger partial charge is 0.389 e. The Morgan fingerprint density at radius 3 is 2.60 bits per heavy atom. The summed E-state index contributed by atoms with van der Waals surface area (Å²) < 4.78 is 43.9. The summed E-state index contributed by atoms with van der Waals surface area (Å²) in [6.07, 6.45) is -2.82. The van der Waals surface area contributed by atoms with Crippen molar-refractivity contribution < 1.29 is 17.9 Å². The molecule has 110 valence electrons. The van der Waals surface area contributed by atoms with E-state index in [1.807, 2.05) is 48.9 Å². The molecule has 0 N–H and O–H groups in total. The predicted octanol–water partition coefficient (Wildman–Crippen LogP) is 4.77. The zero-order valence-electron chi connectivity index (χ0n) is 11.6. The Hall–Kier alpha value is -1.65. The molecule has 2 aromatic rings. The highest BCUT2D eigenvalue weighted by Gasteiger charge is 2.26. The lowest BCUT2D eigenvalue weighted by Crippen LogP contribution is -2.09. The summed E-state index contributed by atoms with van der Waals surface area (Å²) in [7, 11) is 0. The number of fused-ring (bicyclic) bond motifs is 1. The molecule has 0 amide bonds. The summed E-state index contributed by atoms with van der Waals surface area (Å²) in [5.41, 5.74) is 0.934. The average Bonchev–Trinajstić information content (AvgIpc) is 2.69. The van der Waals surface area contributed by atoms with Crippen LogP contribution in [0.2, 0.25) is 0 Å². The van der Waals surface area contributed by atoms with Gasteiger partial charge in [-0.25, -0.2) is 0 Å². The van der Waals surface area contributed by atoms with E-state index >= 15 is 0 Å². The lowest BCUT2D eigenvalue weighted by atomic mass is 10.2. The molecular weight excluding hydrogens is 267 g/mol. The first kappa shape index (κ1) is 14.8. The van der Waals surface area contributed by atoms with Crippen molar-refractivity contribution in [1.29, 1.82) is 0 Å². The van der Waals surface area contributed by atoms with Crippen LogP contribution in [0.1, 0.15) is 26.7 Å². The molecule has 0 unspecified atom stereocenters. The number of rotatable bonds is 5. The number of nitrogens with zero attached hydrogens (tertiary/aromatic N) is 1. The third kappa shape index (κ3) is 3.92. The summed E-state index contributed by atoms with van der Waals surface area (Å²) in [6, 6.07) is 7.55. The molecule has 20 heavy (non-hydrogen) atoms. The van der Waals surface area contributed by atoms with Gasteiger partial charge in [0.1, 0.15) is 5.75 Å². The second-order valence-corrected chi connectivity index (χ2v) is 5.12. The molecule has 2 rings (SSSR count). The zero-order valence-corrected chi connectivity index (χ0v) is 11.6. The number of halogens is 3. The van der Waals surface area contributed by atoms with E-state index in [-0.39, 0.29) is 12.5 Å². The number of aryl methyl sites for hydroxylation is 1. The molecule has 0 bridgehead atoms. The first-order chi connectivity index (χ1) is 9.35. The molecule has 5 heteroatoms. The van der Waals surface area contributed by atoms with Crippen molar-refractivity contribution in [3.8, 4) is 5.75 Å². The van der Waals surface area contributed by atoms with Crippen molar-refractivity contribution in [2.75, 3.05) is 0 Å². The molecule has 1 aromatic carbocycles. The third-order valence-corrected chi connectivity index (χ3v) is 2.97. The highest BCUT2D eigenvalue weighted by molar-refractivity contribution is 5.81. The van der Waals surface area contributed by atoms with Crippen LogP contribution >= 0.6 is 0 Å². The van der Waals surface area contributed by atoms with Gasteiger partial charge in [0, 0.05) is 30.1 Å². The van der Waals surface area contributed by atoms with Gasteiger partial charge >= 0.3 is 6.18 Å². The molecule has 0 atom stereocenters. The molecule has 0 aliphatic heterocycles. The maximum Gasteiger partial charge on any atom is 0.389 e. The van der Waals surface area contributed by atoms with Crippen LogP contribution in [0, 0.1) is 0 Å². The fraction of sp³-hybridized carbons (Fsp3) is 0.467. The normalized spacial score (nSPS) is 12.3. The van der Waals surface area contributed by atoms with Crippen molar-refractivity contribution in [2.24, 2.45) is 0 Å². The minimum atomic E-state index is -4.08. The van der Waals surface area contributed by atoms with Crippen LogP contribution in [-0.4, -0.2) is 16.8 Å². The summed E-state index contributed by atoms with van der Waals surface area (Å²) in [5.74, 6) is 0.778. The van der Waals surface area contributed by atoms with Gasteiger partial charge in [-0.15, -0.1) is 0 Å². The largest absolute Gasteiger partial charge is 0.491 e. The SMILES string of the molecule is CC(C)Oc1ccc2c(ccn2CCCC(F)(F)F)c1. The molecule has 0 aliphatic rings. The topological polar surface area (TPSA) is 14.2 Å². The molecule has 1 heterocycles. The molecule has 0 radical (unpaired) electrons. The minimum absolute atomic E-state index is 0.0948. The van der Waals surface area contributed by atoms with E-state index in [1.165, 1.54) is 0 Å². The van der Waals surface area contributed by atoms with E-state index in [2.05, 4.69) is 0 Å². The summed E-state index contributed by atoms with van der Waals surface area (Å²) in [5, 5.41) is 0.982. The second-order valence-electron chi connectivity index (χ2n) is 5.12. The quantitative estimate of drug-likeness (QED) is 0.771. The Morgan fingerprint density at radius 1 is 1.20 bits per heavy atom. The van der Waals surface area contributed by atoms with Crippen molar-refractivity contribution in [3.63, 3.8) is 0 Å². The van der Waals surface area contributed by atoms with Gasteiger partial charge in [-0.05, 0) is 44.5 Å². The molecule has 0 fully saturated rings. The lowest BCUT2D eigenvalue weighted by Gasteiger charge is -2.11. The lowest BCUT2D eigenvalue weighted by molar-refractivity contribution is -0.135. The number of alkyl halides is 3. The molecule has 0 saturated heterocycles. The number of aromatic nitrogens is 1. The van der Waals surface area contributed by atoms with Crippen molar-refractivity contribution in [1.82, 2.24) is 4.57 Å². The summed E-state index contributed by atoms with van der Waals surface area (Å²) in [4.78, 5) is 0. The van der Waals surface area contributed by atoms with Gasteiger partial charge in [0.25, 0.3) is 0 Å². The van der Waals surface area contributed by atoms with Crippen molar-refractivity contribution in [2.45, 2.75) is 45.5 Å². The Labute approximate surface area is 116 Å². The summed E-state index contributed by atoms with van der Waals surface area (Å²) in [6.45, 7) is 4.27. The molecule has 0 spiro atoms. The molecule has 2 nitrogen and oxygen atoms in total. The zero-order chi connectivity index (χ0) is 14.8. The standard InChI is InChI=1S/C15H18F3NO/c1-11(2)20-13-4-5-14-12(10-13)6-9-19(14)8-3-7-15(16,17)18/h4-6,9-11H,3,7-8H2,1-2H3. The fourth-order valence-electron chi connectivity index (χ4n) is 2.17. The van der Waals surface area contributed by atoms with Crippen LogP contribution in [-0.2, 0) is 6.54 Å². The van der Waals surface area contributed by atoms with Crippen LogP contribution < -0.4 is 4.74 Å². The number of ether oxygens (including phenoxy) is 1. The molecule has 0 aliphatic carbocycles. The Balaban J connectivity index is 2.08. The second kappa shape index (κ2) is 5.77. The molecule has 1 aromatic heterocycles. The van der Waals surface area contributed by atoms with Gasteiger partial charge in [0.15, 0.2) is 0 Å². The highest BCUT2D eigenvalue weighted by Crippen LogP contribution is 2.25. The van der Waals surface area contributed by atoms with Crippen molar-refractivity contribution >= 4 is 10.9 Å². The Morgan fingerprint density at radius 2 is 1.95 bits per heavy atom. The van der Waals surface area contributed by atoms with E-state index in [9.17, 15) is 13.2 Å². The van der Waals surface area contributed by atoms with Gasteiger partial charge in [0.2, 0.25) is 0 Å². The van der Waals surface area contributed by atoms with Crippen molar-refractivity contribution in [3.05, 3.63) is 30.5 Å². The highest BCUT2D eigenvalue weighted by atomic mass is 19.4. The minimum Gasteiger partial charge on any atom is -0.491 e. The van der Waals surface area contributed by atoms with Gasteiger partial charge in [-0.1, -0.05) is 0 Å². The average molecular weight is 285 g/mol. The van der Waals surface area contributed by atoms with Gasteiger partial charge < -0.3 is 9.30 Å². The first-order valence-corrected chi connectivity index (χ1v) is 6.67. The monoisotopic (exact) mass is 285 g/mol. The Bertz CT molecular complexity index is 572. The fourth-order valence-corrected chi connectivity index (χ4v) is 2.17. The number of hydrogen-bond donors (Lipinski definition) is 0. The molecule has 0 saturated carbocycles. The van der Waals surface area contributed by atoms with Crippen LogP contribution in [0.5, 0.6) is 5.75 Å². The third-order valence-electron chi connectivity index (χ3n) is 2.97.